The Morgan fingerprint density at radius 2 is 1.80 bits per heavy atom. The average molecular weight is 739 g/mol. The van der Waals surface area contributed by atoms with E-state index < -0.39 is 44.1 Å². The Hall–Kier alpha value is -4.10. The standard InChI is InChI=1S/C38H41F3N4O4S2/c1-6-49-29(46)19-23-21-42-33-30(23)26-15-18-51(47,48)22-37(2,3)16-10-17-38(4,24-11-8-7-9-12-24)36-43-35(45(5)44-36)27-20-25(13-14-28(27)39)50-34(26)32(41)31(33)40/h7-9,11-14,20-21,42H,6,10,15-19,22H2,1-5H3/t38-/m1/s1. The topological polar surface area (TPSA) is 107 Å². The Morgan fingerprint density at radius 3 is 2.53 bits per heavy atom. The molecule has 51 heavy (non-hydrogen) atoms. The second kappa shape index (κ2) is 14.1. The first-order chi connectivity index (χ1) is 24.1. The molecular weight excluding hydrogens is 698 g/mol. The molecule has 1 N–H and O–H groups in total. The molecule has 270 valence electrons. The van der Waals surface area contributed by atoms with E-state index in [1.165, 1.54) is 29.1 Å². The third-order valence-electron chi connectivity index (χ3n) is 9.66. The van der Waals surface area contributed by atoms with Gasteiger partial charge in [-0.3, -0.25) is 4.79 Å². The molecule has 1 atom stereocenters. The lowest BCUT2D eigenvalue weighted by Gasteiger charge is -2.30. The number of benzene rings is 3. The molecule has 6 rings (SSSR count). The van der Waals surface area contributed by atoms with Gasteiger partial charge in [-0.15, -0.1) is 0 Å². The second-order valence-electron chi connectivity index (χ2n) is 14.2. The van der Waals surface area contributed by atoms with Crippen LogP contribution in [0.2, 0.25) is 0 Å². The number of rotatable bonds is 4. The third kappa shape index (κ3) is 7.46. The largest absolute Gasteiger partial charge is 0.466 e. The first-order valence-corrected chi connectivity index (χ1v) is 19.6. The maximum absolute atomic E-state index is 16.1. The van der Waals surface area contributed by atoms with Crippen LogP contribution in [0.25, 0.3) is 22.3 Å². The van der Waals surface area contributed by atoms with E-state index >= 15 is 13.2 Å². The molecule has 1 aliphatic heterocycles. The van der Waals surface area contributed by atoms with Gasteiger partial charge in [0.15, 0.2) is 33.1 Å². The molecule has 0 unspecified atom stereocenters. The predicted molar refractivity (Wildman–Crippen MR) is 192 cm³/mol. The summed E-state index contributed by atoms with van der Waals surface area (Å²) in [6, 6.07) is 14.0. The van der Waals surface area contributed by atoms with Gasteiger partial charge in [-0.2, -0.15) is 5.10 Å². The highest BCUT2D eigenvalue weighted by molar-refractivity contribution is 7.99. The Labute approximate surface area is 300 Å². The zero-order chi connectivity index (χ0) is 36.7. The average Bonchev–Trinajstić information content (AvgIpc) is 3.67. The van der Waals surface area contributed by atoms with E-state index in [2.05, 4.69) is 4.98 Å². The molecule has 0 aliphatic carbocycles. The van der Waals surface area contributed by atoms with Crippen molar-refractivity contribution in [2.45, 2.75) is 75.0 Å². The Kier molecular flexibility index (Phi) is 10.2. The highest BCUT2D eigenvalue weighted by Gasteiger charge is 2.36. The fraction of sp³-hybridized carbons (Fsp3) is 0.395. The van der Waals surface area contributed by atoms with E-state index in [0.717, 1.165) is 17.3 Å². The number of aromatic nitrogens is 4. The van der Waals surface area contributed by atoms with Gasteiger partial charge in [0.1, 0.15) is 5.82 Å². The lowest BCUT2D eigenvalue weighted by molar-refractivity contribution is -0.142. The minimum Gasteiger partial charge on any atom is -0.466 e. The summed E-state index contributed by atoms with van der Waals surface area (Å²) in [5.41, 5.74) is 0.223. The second-order valence-corrected chi connectivity index (χ2v) is 17.4. The quantitative estimate of drug-likeness (QED) is 0.186. The summed E-state index contributed by atoms with van der Waals surface area (Å²) in [6.07, 6.45) is 2.87. The maximum atomic E-state index is 16.1. The van der Waals surface area contributed by atoms with Gasteiger partial charge in [0.2, 0.25) is 0 Å². The number of esters is 1. The van der Waals surface area contributed by atoms with E-state index in [1.807, 2.05) is 51.1 Å². The number of carbonyl (C=O) groups is 1. The van der Waals surface area contributed by atoms with Crippen molar-refractivity contribution in [2.24, 2.45) is 12.5 Å². The van der Waals surface area contributed by atoms with Gasteiger partial charge in [0, 0.05) is 23.5 Å². The fourth-order valence-corrected chi connectivity index (χ4v) is 10.2. The Balaban J connectivity index is 1.55. The number of carbonyl (C=O) groups excluding carboxylic acids is 1. The van der Waals surface area contributed by atoms with Crippen molar-refractivity contribution in [2.75, 3.05) is 18.1 Å². The zero-order valence-corrected chi connectivity index (χ0v) is 30.9. The molecule has 0 spiro atoms. The van der Waals surface area contributed by atoms with Crippen molar-refractivity contribution in [3.63, 3.8) is 0 Å². The van der Waals surface area contributed by atoms with Crippen molar-refractivity contribution in [3.8, 4) is 11.4 Å². The number of aryl methyl sites for hydroxylation is 2. The molecule has 0 radical (unpaired) electrons. The number of sulfone groups is 1. The van der Waals surface area contributed by atoms with Crippen LogP contribution in [0.4, 0.5) is 13.2 Å². The zero-order valence-electron chi connectivity index (χ0n) is 29.3. The van der Waals surface area contributed by atoms with Crippen molar-refractivity contribution in [1.29, 1.82) is 0 Å². The van der Waals surface area contributed by atoms with Crippen molar-refractivity contribution in [3.05, 3.63) is 94.7 Å². The number of nitrogens with one attached hydrogen (secondary N) is 1. The van der Waals surface area contributed by atoms with Crippen LogP contribution in [-0.2, 0) is 44.7 Å². The van der Waals surface area contributed by atoms with E-state index in [0.29, 0.717) is 35.5 Å². The first-order valence-electron chi connectivity index (χ1n) is 16.9. The monoisotopic (exact) mass is 738 g/mol. The molecule has 3 heterocycles. The number of fused-ring (bicyclic) bond motifs is 8. The fourth-order valence-electron chi connectivity index (χ4n) is 7.11. The molecule has 1 aliphatic rings. The lowest BCUT2D eigenvalue weighted by atomic mass is 9.75. The van der Waals surface area contributed by atoms with Gasteiger partial charge in [-0.25, -0.2) is 31.3 Å². The van der Waals surface area contributed by atoms with E-state index in [1.54, 1.807) is 14.0 Å². The summed E-state index contributed by atoms with van der Waals surface area (Å²) in [7, 11) is -2.03. The summed E-state index contributed by atoms with van der Waals surface area (Å²) in [5.74, 6) is -3.18. The normalized spacial score (nSPS) is 19.2. The summed E-state index contributed by atoms with van der Waals surface area (Å²) in [6.45, 7) is 7.67. The van der Waals surface area contributed by atoms with Gasteiger partial charge in [-0.05, 0) is 73.4 Å². The summed E-state index contributed by atoms with van der Waals surface area (Å²) < 4.78 is 81.8. The van der Waals surface area contributed by atoms with E-state index in [9.17, 15) is 13.2 Å². The molecule has 8 nitrogen and oxygen atoms in total. The molecule has 0 amide bonds. The smallest absolute Gasteiger partial charge is 0.310 e. The van der Waals surface area contributed by atoms with Gasteiger partial charge < -0.3 is 9.72 Å². The van der Waals surface area contributed by atoms with E-state index in [4.69, 9.17) is 14.8 Å². The van der Waals surface area contributed by atoms with Gasteiger partial charge >= 0.3 is 5.97 Å². The summed E-state index contributed by atoms with van der Waals surface area (Å²) in [4.78, 5) is 20.4. The van der Waals surface area contributed by atoms with Gasteiger partial charge in [-0.1, -0.05) is 62.4 Å². The first kappa shape index (κ1) is 36.7. The van der Waals surface area contributed by atoms with Crippen LogP contribution in [0.15, 0.2) is 64.5 Å². The molecule has 0 saturated heterocycles. The number of H-pyrrole nitrogens is 1. The molecular formula is C38H41F3N4O4S2. The number of halogens is 3. The highest BCUT2D eigenvalue weighted by Crippen LogP contribution is 2.43. The summed E-state index contributed by atoms with van der Waals surface area (Å²) in [5, 5.41) is 5.01. The van der Waals surface area contributed by atoms with Crippen LogP contribution in [0, 0.1) is 22.9 Å². The lowest BCUT2D eigenvalue weighted by Crippen LogP contribution is -2.29. The highest BCUT2D eigenvalue weighted by atomic mass is 32.2. The number of nitrogens with zero attached hydrogens (tertiary/aromatic N) is 3. The Bertz CT molecular complexity index is 2220. The maximum Gasteiger partial charge on any atom is 0.310 e. The Morgan fingerprint density at radius 1 is 1.06 bits per heavy atom. The van der Waals surface area contributed by atoms with Crippen LogP contribution in [0.3, 0.4) is 0 Å². The molecule has 5 aromatic rings. The summed E-state index contributed by atoms with van der Waals surface area (Å²) >= 11 is 0.859. The molecule has 4 bridgehead atoms. The van der Waals surface area contributed by atoms with Crippen LogP contribution < -0.4 is 0 Å². The SMILES string of the molecule is CCOC(=O)Cc1c[nH]c2c(F)c(F)c3c(c12)CCS(=O)(=O)CC(C)(C)CCC[C@](C)(c1ccccc1)c1nc(n(C)n1)-c1cc(ccc1F)S3. The van der Waals surface area contributed by atoms with Crippen molar-refractivity contribution >= 4 is 38.5 Å². The predicted octanol–water partition coefficient (Wildman–Crippen LogP) is 8.11. The van der Waals surface area contributed by atoms with Crippen LogP contribution in [-0.4, -0.2) is 52.2 Å². The molecule has 0 saturated carbocycles. The number of ether oxygens (including phenoxy) is 1. The van der Waals surface area contributed by atoms with Crippen LogP contribution >= 0.6 is 11.8 Å². The molecule has 2 aromatic heterocycles. The third-order valence-corrected chi connectivity index (χ3v) is 12.8. The minimum atomic E-state index is -3.72. The van der Waals surface area contributed by atoms with Crippen LogP contribution in [0.5, 0.6) is 0 Å². The number of hydrogen-bond donors (Lipinski definition) is 1. The van der Waals surface area contributed by atoms with E-state index in [-0.39, 0.29) is 63.7 Å². The molecule has 13 heteroatoms. The van der Waals surface area contributed by atoms with Gasteiger partial charge in [0.25, 0.3) is 0 Å². The number of aromatic amines is 1. The van der Waals surface area contributed by atoms with Crippen molar-refractivity contribution < 1.29 is 31.1 Å². The van der Waals surface area contributed by atoms with Crippen LogP contribution in [0.1, 0.15) is 69.5 Å². The minimum absolute atomic E-state index is 0.118. The number of hydrogen-bond acceptors (Lipinski definition) is 7. The molecule has 0 fully saturated rings. The van der Waals surface area contributed by atoms with Gasteiger partial charge in [0.05, 0.1) is 45.9 Å². The molecule has 3 aromatic carbocycles. The van der Waals surface area contributed by atoms with Crippen molar-refractivity contribution in [1.82, 2.24) is 19.7 Å².